The van der Waals surface area contributed by atoms with Gasteiger partial charge in [-0.15, -0.1) is 0 Å². The van der Waals surface area contributed by atoms with Crippen LogP contribution in [0.2, 0.25) is 0 Å². The number of rotatable bonds is 5. The predicted molar refractivity (Wildman–Crippen MR) is 62.4 cm³/mol. The molecule has 0 aromatic rings. The lowest BCUT2D eigenvalue weighted by Crippen LogP contribution is -2.46. The summed E-state index contributed by atoms with van der Waals surface area (Å²) in [5.74, 6) is -0.299. The van der Waals surface area contributed by atoms with Gasteiger partial charge in [-0.1, -0.05) is 13.8 Å². The third-order valence-corrected chi connectivity index (χ3v) is 2.73. The summed E-state index contributed by atoms with van der Waals surface area (Å²) in [6.45, 7) is 4.60. The van der Waals surface area contributed by atoms with Crippen LogP contribution in [0.25, 0.3) is 0 Å². The van der Waals surface area contributed by atoms with Crippen LogP contribution in [0, 0.1) is 5.92 Å². The molecule has 5 heteroatoms. The van der Waals surface area contributed by atoms with Gasteiger partial charge in [0.2, 0.25) is 5.91 Å². The van der Waals surface area contributed by atoms with Gasteiger partial charge in [-0.3, -0.25) is 4.79 Å². The number of methoxy groups -OCH3 is 1. The van der Waals surface area contributed by atoms with Gasteiger partial charge in [0.1, 0.15) is 12.1 Å². The second-order valence-corrected chi connectivity index (χ2v) is 4.72. The molecule has 98 valence electrons. The molecule has 0 radical (unpaired) electrons. The zero-order chi connectivity index (χ0) is 12.8. The first kappa shape index (κ1) is 14.0. The summed E-state index contributed by atoms with van der Waals surface area (Å²) in [4.78, 5) is 23.3. The lowest BCUT2D eigenvalue weighted by molar-refractivity contribution is -0.146. The van der Waals surface area contributed by atoms with Crippen molar-refractivity contribution >= 4 is 11.9 Å². The van der Waals surface area contributed by atoms with Crippen LogP contribution in [-0.4, -0.2) is 37.7 Å². The minimum atomic E-state index is -0.573. The van der Waals surface area contributed by atoms with Crippen molar-refractivity contribution in [3.8, 4) is 0 Å². The second kappa shape index (κ2) is 6.59. The van der Waals surface area contributed by atoms with E-state index in [-0.39, 0.29) is 5.91 Å². The van der Waals surface area contributed by atoms with E-state index in [0.29, 0.717) is 18.9 Å². The third-order valence-electron chi connectivity index (χ3n) is 2.73. The Morgan fingerprint density at radius 1 is 1.47 bits per heavy atom. The van der Waals surface area contributed by atoms with Crippen LogP contribution < -0.4 is 5.32 Å². The van der Waals surface area contributed by atoms with Gasteiger partial charge in [-0.25, -0.2) is 4.79 Å². The molecule has 0 unspecified atom stereocenters. The second-order valence-electron chi connectivity index (χ2n) is 4.72. The smallest absolute Gasteiger partial charge is 0.328 e. The Morgan fingerprint density at radius 3 is 2.65 bits per heavy atom. The fourth-order valence-corrected chi connectivity index (χ4v) is 1.88. The molecule has 5 nitrogen and oxygen atoms in total. The fraction of sp³-hybridized carbons (Fsp3) is 0.833. The standard InChI is InChI=1S/C12H21NO4/c1-8(2)7-9(12(15)16-3)13-11(14)10-5-4-6-17-10/h8-10H,4-7H2,1-3H3,(H,13,14)/t9-,10+/m1/s1. The van der Waals surface area contributed by atoms with Crippen molar-refractivity contribution < 1.29 is 19.1 Å². The van der Waals surface area contributed by atoms with Crippen molar-refractivity contribution in [2.75, 3.05) is 13.7 Å². The molecule has 1 aliphatic rings. The Morgan fingerprint density at radius 2 is 2.18 bits per heavy atom. The number of carbonyl (C=O) groups is 2. The largest absolute Gasteiger partial charge is 0.467 e. The van der Waals surface area contributed by atoms with Crippen LogP contribution in [0.15, 0.2) is 0 Å². The fourth-order valence-electron chi connectivity index (χ4n) is 1.88. The van der Waals surface area contributed by atoms with E-state index in [0.717, 1.165) is 12.8 Å². The average Bonchev–Trinajstić information content (AvgIpc) is 2.79. The molecule has 0 bridgehead atoms. The Bertz CT molecular complexity index is 272. The maximum absolute atomic E-state index is 11.8. The van der Waals surface area contributed by atoms with E-state index in [2.05, 4.69) is 10.1 Å². The van der Waals surface area contributed by atoms with E-state index < -0.39 is 18.1 Å². The van der Waals surface area contributed by atoms with E-state index in [9.17, 15) is 9.59 Å². The highest BCUT2D eigenvalue weighted by Crippen LogP contribution is 2.13. The number of esters is 1. The zero-order valence-corrected chi connectivity index (χ0v) is 10.7. The summed E-state index contributed by atoms with van der Waals surface area (Å²) in [7, 11) is 1.33. The summed E-state index contributed by atoms with van der Waals surface area (Å²) in [5.41, 5.74) is 0. The monoisotopic (exact) mass is 243 g/mol. The molecule has 2 atom stereocenters. The molecule has 0 aromatic heterocycles. The first-order chi connectivity index (χ1) is 8.04. The number of hydrogen-bond acceptors (Lipinski definition) is 4. The molecule has 0 aliphatic carbocycles. The number of ether oxygens (including phenoxy) is 2. The van der Waals surface area contributed by atoms with Crippen molar-refractivity contribution in [3.63, 3.8) is 0 Å². The minimum absolute atomic E-state index is 0.210. The van der Waals surface area contributed by atoms with Crippen LogP contribution in [0.1, 0.15) is 33.1 Å². The van der Waals surface area contributed by atoms with Crippen LogP contribution in [0.3, 0.4) is 0 Å². The molecule has 1 saturated heterocycles. The summed E-state index contributed by atoms with van der Waals surface area (Å²) in [6.07, 6.45) is 1.78. The lowest BCUT2D eigenvalue weighted by atomic mass is 10.0. The maximum atomic E-state index is 11.8. The van der Waals surface area contributed by atoms with E-state index in [4.69, 9.17) is 4.74 Å². The summed E-state index contributed by atoms with van der Waals surface area (Å²) in [6, 6.07) is -0.573. The van der Waals surface area contributed by atoms with Crippen molar-refractivity contribution in [2.24, 2.45) is 5.92 Å². The quantitative estimate of drug-likeness (QED) is 0.728. The summed E-state index contributed by atoms with van der Waals surface area (Å²) in [5, 5.41) is 2.70. The van der Waals surface area contributed by atoms with Crippen LogP contribution >= 0.6 is 0 Å². The van der Waals surface area contributed by atoms with Crippen LogP contribution in [-0.2, 0) is 19.1 Å². The van der Waals surface area contributed by atoms with Gasteiger partial charge in [0, 0.05) is 6.61 Å². The highest BCUT2D eigenvalue weighted by Gasteiger charge is 2.29. The molecule has 0 spiro atoms. The Balaban J connectivity index is 2.52. The molecule has 0 aromatic carbocycles. The van der Waals surface area contributed by atoms with E-state index in [1.807, 2.05) is 13.8 Å². The van der Waals surface area contributed by atoms with Crippen molar-refractivity contribution in [1.29, 1.82) is 0 Å². The molecule has 1 fully saturated rings. The minimum Gasteiger partial charge on any atom is -0.467 e. The van der Waals surface area contributed by atoms with Gasteiger partial charge < -0.3 is 14.8 Å². The highest BCUT2D eigenvalue weighted by molar-refractivity contribution is 5.87. The lowest BCUT2D eigenvalue weighted by Gasteiger charge is -2.20. The predicted octanol–water partition coefficient (Wildman–Crippen LogP) is 0.869. The normalized spacial score (nSPS) is 21.3. The van der Waals surface area contributed by atoms with Crippen LogP contribution in [0.4, 0.5) is 0 Å². The van der Waals surface area contributed by atoms with Crippen molar-refractivity contribution in [1.82, 2.24) is 5.32 Å². The van der Waals surface area contributed by atoms with Gasteiger partial charge in [-0.05, 0) is 25.2 Å². The average molecular weight is 243 g/mol. The van der Waals surface area contributed by atoms with Gasteiger partial charge >= 0.3 is 5.97 Å². The molecule has 1 amide bonds. The van der Waals surface area contributed by atoms with Crippen molar-refractivity contribution in [2.45, 2.75) is 45.3 Å². The topological polar surface area (TPSA) is 64.6 Å². The van der Waals surface area contributed by atoms with E-state index >= 15 is 0 Å². The first-order valence-corrected chi connectivity index (χ1v) is 6.04. The Hall–Kier alpha value is -1.10. The van der Waals surface area contributed by atoms with Gasteiger partial charge in [0.25, 0.3) is 0 Å². The SMILES string of the molecule is COC(=O)[C@@H](CC(C)C)NC(=O)[C@@H]1CCCO1. The third kappa shape index (κ3) is 4.34. The highest BCUT2D eigenvalue weighted by atomic mass is 16.5. The maximum Gasteiger partial charge on any atom is 0.328 e. The number of carbonyl (C=O) groups excluding carboxylic acids is 2. The Kier molecular flexibility index (Phi) is 5.41. The number of nitrogens with one attached hydrogen (secondary N) is 1. The number of amides is 1. The summed E-state index contributed by atoms with van der Waals surface area (Å²) < 4.78 is 9.95. The van der Waals surface area contributed by atoms with Gasteiger partial charge in [-0.2, -0.15) is 0 Å². The summed E-state index contributed by atoms with van der Waals surface area (Å²) >= 11 is 0. The molecule has 1 heterocycles. The van der Waals surface area contributed by atoms with Crippen molar-refractivity contribution in [3.05, 3.63) is 0 Å². The molecule has 1 rings (SSSR count). The van der Waals surface area contributed by atoms with Gasteiger partial charge in [0.15, 0.2) is 0 Å². The molecular weight excluding hydrogens is 222 g/mol. The number of hydrogen-bond donors (Lipinski definition) is 1. The molecule has 1 aliphatic heterocycles. The molecule has 17 heavy (non-hydrogen) atoms. The van der Waals surface area contributed by atoms with E-state index in [1.165, 1.54) is 7.11 Å². The molecule has 1 N–H and O–H groups in total. The zero-order valence-electron chi connectivity index (χ0n) is 10.7. The van der Waals surface area contributed by atoms with Gasteiger partial charge in [0.05, 0.1) is 7.11 Å². The first-order valence-electron chi connectivity index (χ1n) is 6.04. The van der Waals surface area contributed by atoms with Crippen LogP contribution in [0.5, 0.6) is 0 Å². The molecule has 0 saturated carbocycles. The Labute approximate surface area is 102 Å². The molecular formula is C12H21NO4. The van der Waals surface area contributed by atoms with E-state index in [1.54, 1.807) is 0 Å².